The molecular formula is C22H25FN4O2. The maximum Gasteiger partial charge on any atom is 0.323 e. The average molecular weight is 396 g/mol. The molecule has 2 fully saturated rings. The first-order valence-corrected chi connectivity index (χ1v) is 10.1. The summed E-state index contributed by atoms with van der Waals surface area (Å²) in [4.78, 5) is 29.5. The molecule has 2 aliphatic heterocycles. The zero-order chi connectivity index (χ0) is 20.2. The monoisotopic (exact) mass is 396 g/mol. The van der Waals surface area contributed by atoms with E-state index < -0.39 is 11.8 Å². The standard InChI is InChI=1S/C22H25FN4O2/c23-18-7-1-2-8-19(18)25-22(29)24-16-9-10-20(26-11-3-4-12-26)17(15-16)21(28)27-13-5-6-14-27/h1-2,7-10,15H,3-6,11-14H2,(H2,24,25,29). The van der Waals surface area contributed by atoms with E-state index in [1.165, 1.54) is 12.1 Å². The molecule has 2 aromatic rings. The fourth-order valence-electron chi connectivity index (χ4n) is 3.96. The van der Waals surface area contributed by atoms with Gasteiger partial charge in [-0.15, -0.1) is 0 Å². The largest absolute Gasteiger partial charge is 0.371 e. The smallest absolute Gasteiger partial charge is 0.323 e. The molecule has 0 aliphatic carbocycles. The summed E-state index contributed by atoms with van der Waals surface area (Å²) in [6, 6.07) is 10.9. The van der Waals surface area contributed by atoms with Crippen LogP contribution in [-0.2, 0) is 0 Å². The lowest BCUT2D eigenvalue weighted by Crippen LogP contribution is -2.30. The number of carbonyl (C=O) groups excluding carboxylic acids is 2. The summed E-state index contributed by atoms with van der Waals surface area (Å²) < 4.78 is 13.8. The number of amides is 3. The number of likely N-dealkylation sites (tertiary alicyclic amines) is 1. The van der Waals surface area contributed by atoms with Gasteiger partial charge in [-0.2, -0.15) is 0 Å². The molecule has 2 aliphatic rings. The molecule has 0 spiro atoms. The molecule has 0 saturated carbocycles. The van der Waals surface area contributed by atoms with Gasteiger partial charge >= 0.3 is 6.03 Å². The number of anilines is 3. The Morgan fingerprint density at radius 2 is 1.55 bits per heavy atom. The van der Waals surface area contributed by atoms with Crippen LogP contribution in [0.5, 0.6) is 0 Å². The highest BCUT2D eigenvalue weighted by atomic mass is 19.1. The summed E-state index contributed by atoms with van der Waals surface area (Å²) in [5, 5.41) is 5.22. The van der Waals surface area contributed by atoms with Crippen LogP contribution in [0.25, 0.3) is 0 Å². The van der Waals surface area contributed by atoms with Crippen LogP contribution in [0.4, 0.5) is 26.2 Å². The Labute approximate surface area is 169 Å². The SMILES string of the molecule is O=C(Nc1ccc(N2CCCC2)c(C(=O)N2CCCC2)c1)Nc1ccccc1F. The highest BCUT2D eigenvalue weighted by Gasteiger charge is 2.25. The van der Waals surface area contributed by atoms with E-state index in [2.05, 4.69) is 15.5 Å². The Hall–Kier alpha value is -3.09. The number of para-hydroxylation sites is 1. The Balaban J connectivity index is 1.55. The van der Waals surface area contributed by atoms with Crippen molar-refractivity contribution in [1.29, 1.82) is 0 Å². The number of halogens is 1. The van der Waals surface area contributed by atoms with Gasteiger partial charge in [0.15, 0.2) is 0 Å². The normalized spacial score (nSPS) is 16.2. The maximum absolute atomic E-state index is 13.8. The molecule has 6 nitrogen and oxygen atoms in total. The Morgan fingerprint density at radius 1 is 0.862 bits per heavy atom. The van der Waals surface area contributed by atoms with Gasteiger partial charge in [0, 0.05) is 37.6 Å². The number of nitrogens with one attached hydrogen (secondary N) is 2. The van der Waals surface area contributed by atoms with Crippen LogP contribution in [0, 0.1) is 5.82 Å². The van der Waals surface area contributed by atoms with Gasteiger partial charge in [-0.3, -0.25) is 4.79 Å². The van der Waals surface area contributed by atoms with Crippen LogP contribution < -0.4 is 15.5 Å². The number of rotatable bonds is 4. The third-order valence-electron chi connectivity index (χ3n) is 5.45. The van der Waals surface area contributed by atoms with Crippen molar-refractivity contribution < 1.29 is 14.0 Å². The van der Waals surface area contributed by atoms with Crippen molar-refractivity contribution in [3.8, 4) is 0 Å². The zero-order valence-corrected chi connectivity index (χ0v) is 16.3. The first kappa shape index (κ1) is 19.2. The molecule has 2 aromatic carbocycles. The fraction of sp³-hybridized carbons (Fsp3) is 0.364. The van der Waals surface area contributed by atoms with Crippen LogP contribution in [0.1, 0.15) is 36.0 Å². The summed E-state index contributed by atoms with van der Waals surface area (Å²) in [5.41, 5.74) is 2.13. The number of nitrogens with zero attached hydrogens (tertiary/aromatic N) is 2. The van der Waals surface area contributed by atoms with Crippen molar-refractivity contribution in [2.45, 2.75) is 25.7 Å². The highest BCUT2D eigenvalue weighted by molar-refractivity contribution is 6.04. The Morgan fingerprint density at radius 3 is 2.28 bits per heavy atom. The van der Waals surface area contributed by atoms with E-state index in [1.54, 1.807) is 24.3 Å². The predicted octanol–water partition coefficient (Wildman–Crippen LogP) is 4.31. The third kappa shape index (κ3) is 4.34. The van der Waals surface area contributed by atoms with Gasteiger partial charge in [-0.1, -0.05) is 12.1 Å². The molecule has 0 bridgehead atoms. The summed E-state index contributed by atoms with van der Waals surface area (Å²) in [6.07, 6.45) is 4.27. The van der Waals surface area contributed by atoms with Crippen LogP contribution in [-0.4, -0.2) is 43.0 Å². The number of benzene rings is 2. The lowest BCUT2D eigenvalue weighted by atomic mass is 10.1. The van der Waals surface area contributed by atoms with E-state index in [9.17, 15) is 14.0 Å². The van der Waals surface area contributed by atoms with Crippen LogP contribution in [0.15, 0.2) is 42.5 Å². The van der Waals surface area contributed by atoms with Gasteiger partial charge in [0.05, 0.1) is 11.3 Å². The number of hydrogen-bond donors (Lipinski definition) is 2. The van der Waals surface area contributed by atoms with Crippen LogP contribution >= 0.6 is 0 Å². The second-order valence-electron chi connectivity index (χ2n) is 7.48. The van der Waals surface area contributed by atoms with E-state index in [4.69, 9.17) is 0 Å². The van der Waals surface area contributed by atoms with E-state index in [0.29, 0.717) is 11.3 Å². The molecule has 2 heterocycles. The first-order valence-electron chi connectivity index (χ1n) is 10.1. The van der Waals surface area contributed by atoms with Crippen molar-refractivity contribution in [2.24, 2.45) is 0 Å². The molecular weight excluding hydrogens is 371 g/mol. The van der Waals surface area contributed by atoms with Gasteiger partial charge in [0.25, 0.3) is 5.91 Å². The highest BCUT2D eigenvalue weighted by Crippen LogP contribution is 2.29. The molecule has 2 N–H and O–H groups in total. The molecule has 0 unspecified atom stereocenters. The quantitative estimate of drug-likeness (QED) is 0.810. The maximum atomic E-state index is 13.8. The molecule has 0 aromatic heterocycles. The van der Waals surface area contributed by atoms with Gasteiger partial charge < -0.3 is 20.4 Å². The van der Waals surface area contributed by atoms with E-state index in [0.717, 1.165) is 57.5 Å². The van der Waals surface area contributed by atoms with Crippen molar-refractivity contribution in [3.63, 3.8) is 0 Å². The third-order valence-corrected chi connectivity index (χ3v) is 5.45. The Kier molecular flexibility index (Phi) is 5.64. The lowest BCUT2D eigenvalue weighted by molar-refractivity contribution is 0.0793. The topological polar surface area (TPSA) is 64.7 Å². The van der Waals surface area contributed by atoms with Crippen LogP contribution in [0.3, 0.4) is 0 Å². The van der Waals surface area contributed by atoms with Crippen molar-refractivity contribution in [3.05, 3.63) is 53.8 Å². The average Bonchev–Trinajstić information content (AvgIpc) is 3.43. The van der Waals surface area contributed by atoms with Gasteiger partial charge in [-0.05, 0) is 56.0 Å². The van der Waals surface area contributed by atoms with Crippen molar-refractivity contribution in [2.75, 3.05) is 41.7 Å². The zero-order valence-electron chi connectivity index (χ0n) is 16.3. The van der Waals surface area contributed by atoms with E-state index in [-0.39, 0.29) is 11.6 Å². The molecule has 0 atom stereocenters. The minimum Gasteiger partial charge on any atom is -0.371 e. The number of carbonyl (C=O) groups is 2. The molecule has 3 amide bonds. The lowest BCUT2D eigenvalue weighted by Gasteiger charge is -2.24. The molecule has 4 rings (SSSR count). The Bertz CT molecular complexity index is 905. The summed E-state index contributed by atoms with van der Waals surface area (Å²) in [5.74, 6) is -0.500. The van der Waals surface area contributed by atoms with Crippen LogP contribution in [0.2, 0.25) is 0 Å². The second kappa shape index (κ2) is 8.51. The summed E-state index contributed by atoms with van der Waals surface area (Å²) >= 11 is 0. The minimum absolute atomic E-state index is 0.00237. The number of urea groups is 1. The molecule has 152 valence electrons. The van der Waals surface area contributed by atoms with Crippen molar-refractivity contribution in [1.82, 2.24) is 4.90 Å². The molecule has 2 saturated heterocycles. The van der Waals surface area contributed by atoms with Gasteiger partial charge in [-0.25, -0.2) is 9.18 Å². The van der Waals surface area contributed by atoms with Gasteiger partial charge in [0.2, 0.25) is 0 Å². The fourth-order valence-corrected chi connectivity index (χ4v) is 3.96. The summed E-state index contributed by atoms with van der Waals surface area (Å²) in [6.45, 7) is 3.40. The minimum atomic E-state index is -0.552. The number of hydrogen-bond acceptors (Lipinski definition) is 3. The first-order chi connectivity index (χ1) is 14.1. The summed E-state index contributed by atoms with van der Waals surface area (Å²) in [7, 11) is 0. The van der Waals surface area contributed by atoms with Crippen molar-refractivity contribution >= 4 is 29.0 Å². The second-order valence-corrected chi connectivity index (χ2v) is 7.48. The molecule has 7 heteroatoms. The van der Waals surface area contributed by atoms with E-state index in [1.807, 2.05) is 11.0 Å². The molecule has 0 radical (unpaired) electrons. The molecule has 29 heavy (non-hydrogen) atoms. The van der Waals surface area contributed by atoms with E-state index >= 15 is 0 Å². The van der Waals surface area contributed by atoms with Gasteiger partial charge in [0.1, 0.15) is 5.82 Å². The predicted molar refractivity (Wildman–Crippen MR) is 112 cm³/mol.